The molecule has 0 bridgehead atoms. The van der Waals surface area contributed by atoms with Gasteiger partial charge >= 0.3 is 0 Å². The first-order valence-electron chi connectivity index (χ1n) is 10.1. The first-order valence-corrected chi connectivity index (χ1v) is 11.4. The van der Waals surface area contributed by atoms with E-state index in [1.807, 2.05) is 59.7 Å². The fraction of sp³-hybridized carbons (Fsp3) is 0.292. The van der Waals surface area contributed by atoms with E-state index < -0.39 is 0 Å². The Kier molecular flexibility index (Phi) is 6.72. The van der Waals surface area contributed by atoms with Crippen LogP contribution in [0.2, 0.25) is 5.02 Å². The molecule has 0 radical (unpaired) electrons. The SMILES string of the molecule is Cc1cccc(OCc2csc(C(=O)N3CCN(Cc4ccc(Cl)cc4)CC3)c2)c1. The first kappa shape index (κ1) is 20.9. The predicted octanol–water partition coefficient (Wildman–Crippen LogP) is 5.25. The molecule has 1 aliphatic rings. The molecule has 1 saturated heterocycles. The predicted molar refractivity (Wildman–Crippen MR) is 122 cm³/mol. The van der Waals surface area contributed by atoms with Crippen LogP contribution >= 0.6 is 22.9 Å². The van der Waals surface area contributed by atoms with Gasteiger partial charge in [0, 0.05) is 43.3 Å². The first-order chi connectivity index (χ1) is 14.6. The van der Waals surface area contributed by atoms with Gasteiger partial charge in [0.15, 0.2) is 0 Å². The summed E-state index contributed by atoms with van der Waals surface area (Å²) in [7, 11) is 0. The molecule has 1 aromatic heterocycles. The summed E-state index contributed by atoms with van der Waals surface area (Å²) >= 11 is 7.46. The van der Waals surface area contributed by atoms with Crippen molar-refractivity contribution in [3.05, 3.63) is 86.6 Å². The molecule has 1 fully saturated rings. The van der Waals surface area contributed by atoms with Gasteiger partial charge in [-0.2, -0.15) is 0 Å². The van der Waals surface area contributed by atoms with Gasteiger partial charge in [-0.25, -0.2) is 0 Å². The smallest absolute Gasteiger partial charge is 0.264 e. The van der Waals surface area contributed by atoms with E-state index in [2.05, 4.69) is 17.0 Å². The van der Waals surface area contributed by atoms with Crippen molar-refractivity contribution >= 4 is 28.8 Å². The minimum absolute atomic E-state index is 0.118. The molecule has 1 amide bonds. The molecule has 0 saturated carbocycles. The lowest BCUT2D eigenvalue weighted by Crippen LogP contribution is -2.48. The van der Waals surface area contributed by atoms with Crippen molar-refractivity contribution in [3.8, 4) is 5.75 Å². The van der Waals surface area contributed by atoms with Crippen LogP contribution in [-0.4, -0.2) is 41.9 Å². The number of carbonyl (C=O) groups excluding carboxylic acids is 1. The molecular weight excluding hydrogens is 416 g/mol. The molecule has 156 valence electrons. The summed E-state index contributed by atoms with van der Waals surface area (Å²) in [4.78, 5) is 18.0. The fourth-order valence-corrected chi connectivity index (χ4v) is 4.54. The molecule has 1 aliphatic heterocycles. The number of piperazine rings is 1. The van der Waals surface area contributed by atoms with Gasteiger partial charge in [-0.3, -0.25) is 9.69 Å². The Labute approximate surface area is 186 Å². The Morgan fingerprint density at radius 2 is 1.80 bits per heavy atom. The van der Waals surface area contributed by atoms with Crippen LogP contribution in [0.25, 0.3) is 0 Å². The molecule has 3 aromatic rings. The van der Waals surface area contributed by atoms with E-state index in [1.54, 1.807) is 0 Å². The lowest BCUT2D eigenvalue weighted by atomic mass is 10.2. The Bertz CT molecular complexity index is 994. The van der Waals surface area contributed by atoms with Crippen molar-refractivity contribution in [1.82, 2.24) is 9.80 Å². The highest BCUT2D eigenvalue weighted by Crippen LogP contribution is 2.21. The Morgan fingerprint density at radius 3 is 2.53 bits per heavy atom. The number of carbonyl (C=O) groups is 1. The normalized spacial score (nSPS) is 14.7. The molecule has 0 spiro atoms. The second-order valence-corrected chi connectivity index (χ2v) is 8.97. The number of amides is 1. The van der Waals surface area contributed by atoms with Crippen molar-refractivity contribution < 1.29 is 9.53 Å². The highest BCUT2D eigenvalue weighted by atomic mass is 35.5. The van der Waals surface area contributed by atoms with E-state index in [4.69, 9.17) is 16.3 Å². The third kappa shape index (κ3) is 5.42. The number of halogens is 1. The van der Waals surface area contributed by atoms with Gasteiger partial charge in [0.25, 0.3) is 5.91 Å². The van der Waals surface area contributed by atoms with Gasteiger partial charge < -0.3 is 9.64 Å². The van der Waals surface area contributed by atoms with E-state index in [9.17, 15) is 4.79 Å². The van der Waals surface area contributed by atoms with Crippen LogP contribution in [0.15, 0.2) is 60.0 Å². The molecule has 0 atom stereocenters. The second-order valence-electron chi connectivity index (χ2n) is 7.62. The summed E-state index contributed by atoms with van der Waals surface area (Å²) in [5.41, 5.74) is 3.45. The van der Waals surface area contributed by atoms with E-state index >= 15 is 0 Å². The van der Waals surface area contributed by atoms with Crippen LogP contribution in [0, 0.1) is 6.92 Å². The Morgan fingerprint density at radius 1 is 1.03 bits per heavy atom. The van der Waals surface area contributed by atoms with Crippen LogP contribution < -0.4 is 4.74 Å². The highest BCUT2D eigenvalue weighted by molar-refractivity contribution is 7.12. The van der Waals surface area contributed by atoms with Gasteiger partial charge in [0.2, 0.25) is 0 Å². The number of nitrogens with zero attached hydrogens (tertiary/aromatic N) is 2. The highest BCUT2D eigenvalue weighted by Gasteiger charge is 2.23. The summed E-state index contributed by atoms with van der Waals surface area (Å²) in [5.74, 6) is 0.971. The quantitative estimate of drug-likeness (QED) is 0.525. The van der Waals surface area contributed by atoms with Gasteiger partial charge in [0.1, 0.15) is 12.4 Å². The average molecular weight is 441 g/mol. The summed E-state index contributed by atoms with van der Waals surface area (Å²) in [6.07, 6.45) is 0. The Balaban J connectivity index is 1.27. The number of benzene rings is 2. The van der Waals surface area contributed by atoms with Crippen LogP contribution in [-0.2, 0) is 13.2 Å². The van der Waals surface area contributed by atoms with Gasteiger partial charge in [-0.15, -0.1) is 11.3 Å². The third-order valence-electron chi connectivity index (χ3n) is 5.24. The maximum atomic E-state index is 12.9. The monoisotopic (exact) mass is 440 g/mol. The maximum absolute atomic E-state index is 12.9. The van der Waals surface area contributed by atoms with Crippen LogP contribution in [0.3, 0.4) is 0 Å². The molecule has 6 heteroatoms. The molecule has 4 nitrogen and oxygen atoms in total. The standard InChI is InChI=1S/C24H25ClN2O2S/c1-18-3-2-4-22(13-18)29-16-20-14-23(30-17-20)24(28)27-11-9-26(10-12-27)15-19-5-7-21(25)8-6-19/h2-8,13-14,17H,9-12,15-16H2,1H3. The summed E-state index contributed by atoms with van der Waals surface area (Å²) in [6, 6.07) is 17.9. The van der Waals surface area contributed by atoms with E-state index in [-0.39, 0.29) is 5.91 Å². The third-order valence-corrected chi connectivity index (χ3v) is 6.46. The van der Waals surface area contributed by atoms with E-state index in [0.717, 1.165) is 53.9 Å². The summed E-state index contributed by atoms with van der Waals surface area (Å²) in [5, 5.41) is 2.77. The van der Waals surface area contributed by atoms with Crippen molar-refractivity contribution in [2.24, 2.45) is 0 Å². The topological polar surface area (TPSA) is 32.8 Å². The molecule has 0 unspecified atom stereocenters. The Hall–Kier alpha value is -2.34. The molecule has 30 heavy (non-hydrogen) atoms. The zero-order valence-corrected chi connectivity index (χ0v) is 18.6. The molecule has 0 aliphatic carbocycles. The van der Waals surface area contributed by atoms with Crippen molar-refractivity contribution in [3.63, 3.8) is 0 Å². The van der Waals surface area contributed by atoms with E-state index in [0.29, 0.717) is 6.61 Å². The van der Waals surface area contributed by atoms with Crippen LogP contribution in [0.5, 0.6) is 5.75 Å². The minimum Gasteiger partial charge on any atom is -0.489 e. The molecular formula is C24H25ClN2O2S. The number of aryl methyl sites for hydroxylation is 1. The fourth-order valence-electron chi connectivity index (χ4n) is 3.55. The summed E-state index contributed by atoms with van der Waals surface area (Å²) in [6.45, 7) is 6.66. The number of ether oxygens (including phenoxy) is 1. The number of hydrogen-bond acceptors (Lipinski definition) is 4. The molecule has 0 N–H and O–H groups in total. The lowest BCUT2D eigenvalue weighted by molar-refractivity contribution is 0.0633. The zero-order chi connectivity index (χ0) is 20.9. The van der Waals surface area contributed by atoms with Gasteiger partial charge in [-0.1, -0.05) is 35.9 Å². The maximum Gasteiger partial charge on any atom is 0.264 e. The number of rotatable bonds is 6. The van der Waals surface area contributed by atoms with Crippen molar-refractivity contribution in [2.75, 3.05) is 26.2 Å². The van der Waals surface area contributed by atoms with Crippen molar-refractivity contribution in [1.29, 1.82) is 0 Å². The van der Waals surface area contributed by atoms with Gasteiger partial charge in [-0.05, 0) is 53.8 Å². The van der Waals surface area contributed by atoms with Crippen LogP contribution in [0.1, 0.15) is 26.4 Å². The van der Waals surface area contributed by atoms with Crippen molar-refractivity contribution in [2.45, 2.75) is 20.1 Å². The zero-order valence-electron chi connectivity index (χ0n) is 17.0. The largest absolute Gasteiger partial charge is 0.489 e. The van der Waals surface area contributed by atoms with E-state index in [1.165, 1.54) is 22.5 Å². The molecule has 2 aromatic carbocycles. The number of thiophene rings is 1. The lowest BCUT2D eigenvalue weighted by Gasteiger charge is -2.34. The minimum atomic E-state index is 0.118. The van der Waals surface area contributed by atoms with Gasteiger partial charge in [0.05, 0.1) is 4.88 Å². The molecule has 2 heterocycles. The number of hydrogen-bond donors (Lipinski definition) is 0. The average Bonchev–Trinajstić information content (AvgIpc) is 3.23. The summed E-state index contributed by atoms with van der Waals surface area (Å²) < 4.78 is 5.86. The second kappa shape index (κ2) is 9.65. The van der Waals surface area contributed by atoms with Crippen LogP contribution in [0.4, 0.5) is 0 Å². The molecule has 4 rings (SSSR count).